The molecule has 1 fully saturated rings. The monoisotopic (exact) mass is 280 g/mol. The molecule has 0 aliphatic heterocycles. The fraction of sp³-hybridized carbons (Fsp3) is 1.00. The highest BCUT2D eigenvalue weighted by atomic mass is 19.4. The summed E-state index contributed by atoms with van der Waals surface area (Å²) in [6.07, 6.45) is -1.34. The van der Waals surface area contributed by atoms with E-state index in [4.69, 9.17) is 0 Å². The van der Waals surface area contributed by atoms with Gasteiger partial charge >= 0.3 is 6.18 Å². The lowest BCUT2D eigenvalue weighted by atomic mass is 9.78. The largest absolute Gasteiger partial charge is 0.392 e. The van der Waals surface area contributed by atoms with Gasteiger partial charge in [-0.3, -0.25) is 0 Å². The lowest BCUT2D eigenvalue weighted by molar-refractivity contribution is -0.197. The number of nitrogens with one attached hydrogen (secondary N) is 1. The molecule has 2 nitrogen and oxygen atoms in total. The molecule has 0 aromatic rings. The molecule has 1 aliphatic rings. The summed E-state index contributed by atoms with van der Waals surface area (Å²) in [5.41, 5.74) is 0. The Morgan fingerprint density at radius 2 is 1.84 bits per heavy atom. The highest BCUT2D eigenvalue weighted by Gasteiger charge is 2.45. The summed E-state index contributed by atoms with van der Waals surface area (Å²) in [5.74, 6) is -1.32. The van der Waals surface area contributed by atoms with Gasteiger partial charge in [-0.25, -0.2) is 0 Å². The molecule has 0 heterocycles. The molecule has 0 saturated heterocycles. The van der Waals surface area contributed by atoms with Gasteiger partial charge in [-0.05, 0) is 25.8 Å². The molecule has 1 aliphatic carbocycles. The minimum Gasteiger partial charge on any atom is -0.313 e. The van der Waals surface area contributed by atoms with E-state index < -0.39 is 12.1 Å². The fourth-order valence-corrected chi connectivity index (χ4v) is 2.89. The van der Waals surface area contributed by atoms with E-state index in [9.17, 15) is 13.2 Å². The Hall–Kier alpha value is -0.290. The van der Waals surface area contributed by atoms with Crippen molar-refractivity contribution in [2.75, 3.05) is 26.7 Å². The van der Waals surface area contributed by atoms with Gasteiger partial charge in [0.25, 0.3) is 0 Å². The van der Waals surface area contributed by atoms with E-state index in [1.54, 1.807) is 0 Å². The molecule has 114 valence electrons. The Balaban J connectivity index is 2.39. The smallest absolute Gasteiger partial charge is 0.313 e. The summed E-state index contributed by atoms with van der Waals surface area (Å²) in [6.45, 7) is 6.34. The van der Waals surface area contributed by atoms with E-state index in [2.05, 4.69) is 19.2 Å². The molecule has 1 N–H and O–H groups in total. The second-order valence-electron chi connectivity index (χ2n) is 6.06. The second kappa shape index (κ2) is 7.48. The standard InChI is InChI=1S/C14H27F3N2/c1-11(2)18-8-9-19(3)10-12-6-4-5-7-13(12)14(15,16)17/h11-13,18H,4-10H2,1-3H3. The van der Waals surface area contributed by atoms with Crippen molar-refractivity contribution in [2.45, 2.75) is 51.7 Å². The second-order valence-corrected chi connectivity index (χ2v) is 6.06. The highest BCUT2D eigenvalue weighted by molar-refractivity contribution is 4.82. The van der Waals surface area contributed by atoms with Crippen LogP contribution >= 0.6 is 0 Å². The number of nitrogens with zero attached hydrogens (tertiary/aromatic N) is 1. The molecular formula is C14H27F3N2. The first-order valence-electron chi connectivity index (χ1n) is 7.29. The zero-order valence-electron chi connectivity index (χ0n) is 12.3. The number of hydrogen-bond donors (Lipinski definition) is 1. The molecular weight excluding hydrogens is 253 g/mol. The van der Waals surface area contributed by atoms with Gasteiger partial charge in [0.05, 0.1) is 5.92 Å². The molecule has 2 atom stereocenters. The Kier molecular flexibility index (Phi) is 6.60. The van der Waals surface area contributed by atoms with E-state index >= 15 is 0 Å². The van der Waals surface area contributed by atoms with Gasteiger partial charge in [-0.1, -0.05) is 26.7 Å². The van der Waals surface area contributed by atoms with Gasteiger partial charge in [0.15, 0.2) is 0 Å². The first kappa shape index (κ1) is 16.8. The van der Waals surface area contributed by atoms with Gasteiger partial charge in [0.1, 0.15) is 0 Å². The number of rotatable bonds is 6. The highest BCUT2D eigenvalue weighted by Crippen LogP contribution is 2.41. The predicted octanol–water partition coefficient (Wildman–Crippen LogP) is 3.28. The molecule has 0 aromatic heterocycles. The van der Waals surface area contributed by atoms with Crippen LogP contribution in [0.25, 0.3) is 0 Å². The first-order valence-corrected chi connectivity index (χ1v) is 7.29. The van der Waals surface area contributed by atoms with Crippen molar-refractivity contribution < 1.29 is 13.2 Å². The third-order valence-corrected chi connectivity index (χ3v) is 3.92. The van der Waals surface area contributed by atoms with Crippen molar-refractivity contribution in [1.82, 2.24) is 10.2 Å². The zero-order chi connectivity index (χ0) is 14.5. The van der Waals surface area contributed by atoms with Crippen molar-refractivity contribution in [3.8, 4) is 0 Å². The van der Waals surface area contributed by atoms with E-state index in [1.807, 2.05) is 11.9 Å². The Morgan fingerprint density at radius 1 is 1.21 bits per heavy atom. The van der Waals surface area contributed by atoms with Crippen LogP contribution in [0.15, 0.2) is 0 Å². The molecule has 0 radical (unpaired) electrons. The van der Waals surface area contributed by atoms with Crippen molar-refractivity contribution in [2.24, 2.45) is 11.8 Å². The van der Waals surface area contributed by atoms with Crippen LogP contribution in [0.4, 0.5) is 13.2 Å². The number of halogens is 3. The van der Waals surface area contributed by atoms with Gasteiger partial charge < -0.3 is 10.2 Å². The molecule has 2 unspecified atom stereocenters. The maximum atomic E-state index is 13.0. The summed E-state index contributed by atoms with van der Waals surface area (Å²) in [7, 11) is 1.92. The lowest BCUT2D eigenvalue weighted by Crippen LogP contribution is -2.41. The van der Waals surface area contributed by atoms with Gasteiger partial charge in [-0.2, -0.15) is 13.2 Å². The molecule has 1 rings (SSSR count). The van der Waals surface area contributed by atoms with Crippen molar-refractivity contribution >= 4 is 0 Å². The van der Waals surface area contributed by atoms with Crippen molar-refractivity contribution in [3.05, 3.63) is 0 Å². The topological polar surface area (TPSA) is 15.3 Å². The van der Waals surface area contributed by atoms with Crippen molar-refractivity contribution in [3.63, 3.8) is 0 Å². The summed E-state index contributed by atoms with van der Waals surface area (Å²) < 4.78 is 38.9. The summed E-state index contributed by atoms with van der Waals surface area (Å²) >= 11 is 0. The Labute approximate surface area is 114 Å². The van der Waals surface area contributed by atoms with Crippen LogP contribution in [0.3, 0.4) is 0 Å². The molecule has 1 saturated carbocycles. The molecule has 0 bridgehead atoms. The van der Waals surface area contributed by atoms with E-state index in [0.29, 0.717) is 25.4 Å². The van der Waals surface area contributed by atoms with E-state index in [-0.39, 0.29) is 5.92 Å². The molecule has 19 heavy (non-hydrogen) atoms. The van der Waals surface area contributed by atoms with Crippen LogP contribution in [-0.4, -0.2) is 43.8 Å². The normalized spacial score (nSPS) is 25.3. The van der Waals surface area contributed by atoms with Gasteiger partial charge in [0.2, 0.25) is 0 Å². The van der Waals surface area contributed by atoms with Crippen LogP contribution in [0.2, 0.25) is 0 Å². The molecule has 0 spiro atoms. The SMILES string of the molecule is CC(C)NCCN(C)CC1CCCCC1C(F)(F)F. The Morgan fingerprint density at radius 3 is 2.42 bits per heavy atom. The molecule has 0 aromatic carbocycles. The summed E-state index contributed by atoms with van der Waals surface area (Å²) in [4.78, 5) is 2.03. The quantitative estimate of drug-likeness (QED) is 0.803. The third-order valence-electron chi connectivity index (χ3n) is 3.92. The number of likely N-dealkylation sites (N-methyl/N-ethyl adjacent to an activating group) is 1. The molecule has 5 heteroatoms. The first-order chi connectivity index (χ1) is 8.80. The average molecular weight is 280 g/mol. The predicted molar refractivity (Wildman–Crippen MR) is 72.1 cm³/mol. The minimum atomic E-state index is -4.03. The summed E-state index contributed by atoms with van der Waals surface area (Å²) in [5, 5.41) is 3.29. The van der Waals surface area contributed by atoms with Crippen LogP contribution in [0.1, 0.15) is 39.5 Å². The summed E-state index contributed by atoms with van der Waals surface area (Å²) in [6, 6.07) is 0.422. The van der Waals surface area contributed by atoms with Crippen LogP contribution in [0.5, 0.6) is 0 Å². The fourth-order valence-electron chi connectivity index (χ4n) is 2.89. The van der Waals surface area contributed by atoms with Crippen LogP contribution in [-0.2, 0) is 0 Å². The maximum absolute atomic E-state index is 13.0. The van der Waals surface area contributed by atoms with Gasteiger partial charge in [0, 0.05) is 25.7 Å². The lowest BCUT2D eigenvalue weighted by Gasteiger charge is -2.35. The van der Waals surface area contributed by atoms with Crippen LogP contribution < -0.4 is 5.32 Å². The number of hydrogen-bond acceptors (Lipinski definition) is 2. The minimum absolute atomic E-state index is 0.224. The van der Waals surface area contributed by atoms with E-state index in [0.717, 1.165) is 25.9 Å². The average Bonchev–Trinajstić information content (AvgIpc) is 2.27. The third kappa shape index (κ3) is 6.13. The zero-order valence-corrected chi connectivity index (χ0v) is 12.3. The van der Waals surface area contributed by atoms with Gasteiger partial charge in [-0.15, -0.1) is 0 Å². The maximum Gasteiger partial charge on any atom is 0.392 e. The van der Waals surface area contributed by atoms with Crippen molar-refractivity contribution in [1.29, 1.82) is 0 Å². The van der Waals surface area contributed by atoms with E-state index in [1.165, 1.54) is 0 Å². The Bertz CT molecular complexity index is 254. The van der Waals surface area contributed by atoms with Crippen LogP contribution in [0, 0.1) is 11.8 Å². The molecule has 0 amide bonds. The number of alkyl halides is 3.